The van der Waals surface area contributed by atoms with E-state index in [0.717, 1.165) is 44.2 Å². The van der Waals surface area contributed by atoms with Crippen LogP contribution in [-0.4, -0.2) is 128 Å². The van der Waals surface area contributed by atoms with E-state index in [2.05, 4.69) is 25.6 Å². The summed E-state index contributed by atoms with van der Waals surface area (Å²) < 4.78 is 44.1. The number of anilines is 1. The second-order valence-corrected chi connectivity index (χ2v) is 11.0. The fourth-order valence-electron chi connectivity index (χ4n) is 5.01. The fourth-order valence-corrected chi connectivity index (χ4v) is 5.01. The van der Waals surface area contributed by atoms with Gasteiger partial charge in [-0.3, -0.25) is 5.32 Å². The van der Waals surface area contributed by atoms with E-state index in [1.165, 1.54) is 22.3 Å². The van der Waals surface area contributed by atoms with Gasteiger partial charge >= 0.3 is 24.0 Å². The molecule has 49 heavy (non-hydrogen) atoms. The quantitative estimate of drug-likeness (QED) is 0.0984. The zero-order chi connectivity index (χ0) is 36.0. The number of rotatable bonds is 18. The summed E-state index contributed by atoms with van der Waals surface area (Å²) in [7, 11) is 3.11. The maximum atomic E-state index is 12.6. The molecule has 0 bridgehead atoms. The van der Waals surface area contributed by atoms with Crippen molar-refractivity contribution < 1.29 is 66.9 Å². The standard InChI is InChI=1S/C21H29NO6.C8H16O5.C5H8O3/c1-3-27-20(23)18(13-26-11-10-25-2)28-21(24)22-19-16-8-4-6-14(16)12-15-7-5-9-17(15)19;1-3-13-8(10)7(9)6-12-5-4-11-2;1-2-7-5(6)4-3-8-4/h12,18H,3-11,13H2,1-2H3,(H,22,24);7,9H,3-6H2,1-2H3;4H,2-3H2,1H3/t18-;7-;4-/m111/s1. The van der Waals surface area contributed by atoms with E-state index >= 15 is 0 Å². The predicted octanol–water partition coefficient (Wildman–Crippen LogP) is 2.33. The Hall–Kier alpha value is -3.34. The first-order valence-electron chi connectivity index (χ1n) is 16.8. The summed E-state index contributed by atoms with van der Waals surface area (Å²) in [6.07, 6.45) is 3.01. The summed E-state index contributed by atoms with van der Waals surface area (Å²) in [4.78, 5) is 46.0. The van der Waals surface area contributed by atoms with Crippen LogP contribution in [0.4, 0.5) is 10.5 Å². The van der Waals surface area contributed by atoms with Gasteiger partial charge in [0.25, 0.3) is 0 Å². The molecule has 0 radical (unpaired) electrons. The van der Waals surface area contributed by atoms with Gasteiger partial charge in [-0.1, -0.05) is 6.07 Å². The molecule has 0 aromatic heterocycles. The molecule has 1 amide bonds. The minimum Gasteiger partial charge on any atom is -0.464 e. The van der Waals surface area contributed by atoms with Crippen LogP contribution in [0.15, 0.2) is 6.07 Å². The molecule has 15 nitrogen and oxygen atoms in total. The molecule has 1 heterocycles. The van der Waals surface area contributed by atoms with Gasteiger partial charge < -0.3 is 47.7 Å². The number of amides is 1. The van der Waals surface area contributed by atoms with Gasteiger partial charge in [0, 0.05) is 14.2 Å². The predicted molar refractivity (Wildman–Crippen MR) is 175 cm³/mol. The van der Waals surface area contributed by atoms with E-state index < -0.39 is 30.2 Å². The third kappa shape index (κ3) is 15.4. The number of aliphatic hydroxyl groups is 1. The Bertz CT molecular complexity index is 1140. The average Bonchev–Trinajstić information content (AvgIpc) is 3.65. The third-order valence-electron chi connectivity index (χ3n) is 7.35. The van der Waals surface area contributed by atoms with Gasteiger partial charge in [0.2, 0.25) is 6.10 Å². The minimum absolute atomic E-state index is 0.0534. The number of ether oxygens (including phenoxy) is 9. The lowest BCUT2D eigenvalue weighted by Crippen LogP contribution is -2.35. The van der Waals surface area contributed by atoms with Crippen molar-refractivity contribution in [2.75, 3.05) is 85.6 Å². The van der Waals surface area contributed by atoms with Gasteiger partial charge in [-0.25, -0.2) is 19.2 Å². The number of carbonyl (C=O) groups excluding carboxylic acids is 4. The van der Waals surface area contributed by atoms with Crippen molar-refractivity contribution in [3.8, 4) is 0 Å². The third-order valence-corrected chi connectivity index (χ3v) is 7.35. The molecule has 2 aliphatic carbocycles. The number of hydrogen-bond acceptors (Lipinski definition) is 14. The summed E-state index contributed by atoms with van der Waals surface area (Å²) in [5.41, 5.74) is 5.94. The number of nitrogens with one attached hydrogen (secondary N) is 1. The van der Waals surface area contributed by atoms with Gasteiger partial charge in [0.05, 0.1) is 71.8 Å². The molecule has 278 valence electrons. The van der Waals surface area contributed by atoms with Crippen LogP contribution in [0.3, 0.4) is 0 Å². The zero-order valence-corrected chi connectivity index (χ0v) is 29.4. The number of carbonyl (C=O) groups is 4. The zero-order valence-electron chi connectivity index (χ0n) is 29.4. The highest BCUT2D eigenvalue weighted by molar-refractivity contribution is 5.90. The summed E-state index contributed by atoms with van der Waals surface area (Å²) in [5.74, 6) is -1.49. The molecule has 0 unspecified atom stereocenters. The molecule has 0 saturated carbocycles. The summed E-state index contributed by atoms with van der Waals surface area (Å²) >= 11 is 0. The molecule has 1 aromatic rings. The first-order valence-corrected chi connectivity index (χ1v) is 16.8. The Morgan fingerprint density at radius 2 is 1.33 bits per heavy atom. The van der Waals surface area contributed by atoms with Crippen molar-refractivity contribution >= 4 is 29.7 Å². The van der Waals surface area contributed by atoms with Gasteiger partial charge in [-0.15, -0.1) is 0 Å². The molecule has 1 aliphatic heterocycles. The van der Waals surface area contributed by atoms with Gasteiger partial charge in [-0.2, -0.15) is 0 Å². The highest BCUT2D eigenvalue weighted by Crippen LogP contribution is 2.38. The Morgan fingerprint density at radius 3 is 1.84 bits per heavy atom. The molecule has 3 atom stereocenters. The molecular weight excluding hydrogens is 646 g/mol. The first-order chi connectivity index (χ1) is 23.7. The van der Waals surface area contributed by atoms with Crippen molar-refractivity contribution in [2.45, 2.75) is 77.6 Å². The molecule has 4 rings (SSSR count). The van der Waals surface area contributed by atoms with Gasteiger partial charge in [0.1, 0.15) is 0 Å². The van der Waals surface area contributed by atoms with Crippen LogP contribution in [0.2, 0.25) is 0 Å². The number of epoxide rings is 1. The molecule has 1 saturated heterocycles. The topological polar surface area (TPSA) is 187 Å². The van der Waals surface area contributed by atoms with Crippen LogP contribution in [0.5, 0.6) is 0 Å². The van der Waals surface area contributed by atoms with E-state index in [-0.39, 0.29) is 38.5 Å². The van der Waals surface area contributed by atoms with Crippen LogP contribution in [0.1, 0.15) is 55.9 Å². The number of fused-ring (bicyclic) bond motifs is 2. The van der Waals surface area contributed by atoms with Crippen LogP contribution >= 0.6 is 0 Å². The molecular formula is C34H53NO14. The monoisotopic (exact) mass is 699 g/mol. The van der Waals surface area contributed by atoms with Crippen LogP contribution in [0, 0.1) is 0 Å². The Labute approximate surface area is 288 Å². The fraction of sp³-hybridized carbons (Fsp3) is 0.706. The normalized spacial score (nSPS) is 16.3. The smallest absolute Gasteiger partial charge is 0.412 e. The number of aryl methyl sites for hydroxylation is 2. The highest BCUT2D eigenvalue weighted by Gasteiger charge is 2.32. The van der Waals surface area contributed by atoms with E-state index in [1.54, 1.807) is 35.0 Å². The molecule has 3 aliphatic rings. The number of methoxy groups -OCH3 is 2. The minimum atomic E-state index is -1.20. The Morgan fingerprint density at radius 1 is 0.796 bits per heavy atom. The Kier molecular flexibility index (Phi) is 20.4. The van der Waals surface area contributed by atoms with E-state index in [0.29, 0.717) is 39.6 Å². The number of esters is 3. The highest BCUT2D eigenvalue weighted by atomic mass is 16.6. The molecule has 15 heteroatoms. The largest absolute Gasteiger partial charge is 0.464 e. The molecule has 2 N–H and O–H groups in total. The van der Waals surface area contributed by atoms with Crippen LogP contribution < -0.4 is 5.32 Å². The molecule has 1 aromatic carbocycles. The van der Waals surface area contributed by atoms with E-state index in [9.17, 15) is 19.2 Å². The lowest BCUT2D eigenvalue weighted by atomic mass is 9.99. The SMILES string of the molecule is CCOC(=O)[C@@H](COCCOC)OC(=O)Nc1c2c(cc3c1CCC3)CCC2.CCOC(=O)[C@H](O)COCCOC.CCOC(=O)[C@H]1CO1. The van der Waals surface area contributed by atoms with E-state index in [4.69, 9.17) is 33.5 Å². The van der Waals surface area contributed by atoms with Crippen molar-refractivity contribution in [2.24, 2.45) is 0 Å². The number of aliphatic hydroxyl groups excluding tert-OH is 1. The molecule has 1 fully saturated rings. The first kappa shape index (κ1) is 41.8. The summed E-state index contributed by atoms with van der Waals surface area (Å²) in [6, 6.07) is 2.30. The van der Waals surface area contributed by atoms with Gasteiger partial charge in [-0.05, 0) is 81.5 Å². The lowest BCUT2D eigenvalue weighted by Gasteiger charge is -2.19. The Balaban J connectivity index is 0.000000326. The summed E-state index contributed by atoms with van der Waals surface area (Å²) in [6.45, 7) is 7.98. The second kappa shape index (κ2) is 23.9. The average molecular weight is 700 g/mol. The number of benzene rings is 1. The van der Waals surface area contributed by atoms with Crippen LogP contribution in [0.25, 0.3) is 0 Å². The second-order valence-electron chi connectivity index (χ2n) is 11.0. The molecule has 0 spiro atoms. The van der Waals surface area contributed by atoms with Crippen molar-refractivity contribution in [3.63, 3.8) is 0 Å². The van der Waals surface area contributed by atoms with E-state index in [1.807, 2.05) is 0 Å². The van der Waals surface area contributed by atoms with Crippen molar-refractivity contribution in [1.29, 1.82) is 0 Å². The van der Waals surface area contributed by atoms with Crippen LogP contribution in [-0.2, 0) is 82.7 Å². The lowest BCUT2D eigenvalue weighted by molar-refractivity contribution is -0.157. The summed E-state index contributed by atoms with van der Waals surface area (Å²) in [5, 5.41) is 12.0. The maximum absolute atomic E-state index is 12.6. The van der Waals surface area contributed by atoms with Gasteiger partial charge in [0.15, 0.2) is 12.2 Å². The van der Waals surface area contributed by atoms with Crippen molar-refractivity contribution in [3.05, 3.63) is 28.3 Å². The number of hydrogen-bond donors (Lipinski definition) is 2. The van der Waals surface area contributed by atoms with Crippen molar-refractivity contribution in [1.82, 2.24) is 0 Å². The maximum Gasteiger partial charge on any atom is 0.412 e.